The molecule has 1 saturated heterocycles. The van der Waals surface area contributed by atoms with Crippen molar-refractivity contribution < 1.29 is 9.59 Å². The van der Waals surface area contributed by atoms with Crippen LogP contribution in [0.5, 0.6) is 0 Å². The van der Waals surface area contributed by atoms with Crippen LogP contribution in [0.15, 0.2) is 6.07 Å². The quantitative estimate of drug-likeness (QED) is 0.837. The van der Waals surface area contributed by atoms with E-state index in [1.807, 2.05) is 16.2 Å². The highest BCUT2D eigenvalue weighted by atomic mass is 32.1. The molecule has 0 radical (unpaired) electrons. The highest BCUT2D eigenvalue weighted by molar-refractivity contribution is 7.12. The smallest absolute Gasteiger partial charge is 0.312 e. The third kappa shape index (κ3) is 5.23. The Balaban J connectivity index is 1.82. The number of carbonyl (C=O) groups is 2. The van der Waals surface area contributed by atoms with Gasteiger partial charge >= 0.3 is 6.03 Å². The summed E-state index contributed by atoms with van der Waals surface area (Å²) in [4.78, 5) is 28.0. The molecule has 5 nitrogen and oxygen atoms in total. The number of rotatable bonds is 6. The predicted octanol–water partition coefficient (Wildman–Crippen LogP) is 2.74. The molecule has 1 aromatic rings. The minimum atomic E-state index is -0.522. The third-order valence-electron chi connectivity index (χ3n) is 4.44. The van der Waals surface area contributed by atoms with Crippen molar-refractivity contribution in [3.05, 3.63) is 21.4 Å². The lowest BCUT2D eigenvalue weighted by atomic mass is 10.0. The van der Waals surface area contributed by atoms with E-state index in [9.17, 15) is 9.59 Å². The van der Waals surface area contributed by atoms with Gasteiger partial charge in [0.15, 0.2) is 0 Å². The van der Waals surface area contributed by atoms with Gasteiger partial charge in [0.25, 0.3) is 0 Å². The summed E-state index contributed by atoms with van der Waals surface area (Å²) in [6.07, 6.45) is 5.49. The molecule has 3 amide bonds. The maximum Gasteiger partial charge on any atom is 0.312 e. The fourth-order valence-corrected chi connectivity index (χ4v) is 4.24. The lowest BCUT2D eigenvalue weighted by molar-refractivity contribution is -0.134. The molecule has 1 aromatic heterocycles. The van der Waals surface area contributed by atoms with Gasteiger partial charge in [-0.25, -0.2) is 4.79 Å². The van der Waals surface area contributed by atoms with Gasteiger partial charge in [-0.05, 0) is 57.6 Å². The number of carbonyl (C=O) groups excluding carboxylic acids is 2. The standard InChI is InChI=1S/C17H27N3O2S/c1-12-10-14(13(2)23-12)6-5-8-16(21)20-9-4-3-7-15(20)11-19-17(18)22/h10,15H,3-9,11H2,1-2H3,(H3,18,19,22)/t15-/m1/s1. The minimum absolute atomic E-state index is 0.0916. The second-order valence-corrected chi connectivity index (χ2v) is 7.73. The van der Waals surface area contributed by atoms with Crippen LogP contribution in [0, 0.1) is 13.8 Å². The van der Waals surface area contributed by atoms with Crippen molar-refractivity contribution >= 4 is 23.3 Å². The first-order valence-electron chi connectivity index (χ1n) is 8.36. The number of primary amides is 1. The highest BCUT2D eigenvalue weighted by Gasteiger charge is 2.26. The van der Waals surface area contributed by atoms with E-state index in [1.54, 1.807) is 0 Å². The van der Waals surface area contributed by atoms with Gasteiger partial charge < -0.3 is 16.0 Å². The zero-order chi connectivity index (χ0) is 16.8. The number of piperidine rings is 1. The van der Waals surface area contributed by atoms with Crippen LogP contribution >= 0.6 is 11.3 Å². The zero-order valence-corrected chi connectivity index (χ0v) is 14.9. The van der Waals surface area contributed by atoms with Gasteiger partial charge in [0.1, 0.15) is 0 Å². The van der Waals surface area contributed by atoms with E-state index in [0.717, 1.165) is 38.6 Å². The minimum Gasteiger partial charge on any atom is -0.352 e. The fourth-order valence-electron chi connectivity index (χ4n) is 3.26. The SMILES string of the molecule is Cc1cc(CCCC(=O)N2CCCC[C@@H]2CNC(N)=O)c(C)s1. The lowest BCUT2D eigenvalue weighted by Gasteiger charge is -2.36. The van der Waals surface area contributed by atoms with Gasteiger partial charge in [-0.2, -0.15) is 0 Å². The van der Waals surface area contributed by atoms with E-state index in [1.165, 1.54) is 15.3 Å². The summed E-state index contributed by atoms with van der Waals surface area (Å²) in [5.74, 6) is 0.200. The summed E-state index contributed by atoms with van der Waals surface area (Å²) in [5, 5.41) is 2.64. The van der Waals surface area contributed by atoms with Crippen LogP contribution in [0.1, 0.15) is 47.4 Å². The van der Waals surface area contributed by atoms with Crippen molar-refractivity contribution in [2.24, 2.45) is 5.73 Å². The van der Waals surface area contributed by atoms with Crippen molar-refractivity contribution in [3.63, 3.8) is 0 Å². The second kappa shape index (κ2) is 8.34. The molecule has 0 saturated carbocycles. The van der Waals surface area contributed by atoms with E-state index >= 15 is 0 Å². The Morgan fingerprint density at radius 2 is 2.17 bits per heavy atom. The van der Waals surface area contributed by atoms with Crippen LogP contribution in [0.25, 0.3) is 0 Å². The van der Waals surface area contributed by atoms with Crippen molar-refractivity contribution in [2.45, 2.75) is 58.4 Å². The second-order valence-electron chi connectivity index (χ2n) is 6.27. The summed E-state index contributed by atoms with van der Waals surface area (Å²) in [6, 6.07) is 1.80. The summed E-state index contributed by atoms with van der Waals surface area (Å²) >= 11 is 1.82. The number of aryl methyl sites for hydroxylation is 3. The third-order valence-corrected chi connectivity index (χ3v) is 5.45. The van der Waals surface area contributed by atoms with Gasteiger partial charge in [-0.15, -0.1) is 11.3 Å². The van der Waals surface area contributed by atoms with Gasteiger partial charge in [0, 0.05) is 35.3 Å². The fraction of sp³-hybridized carbons (Fsp3) is 0.647. The molecule has 3 N–H and O–H groups in total. The van der Waals surface area contributed by atoms with E-state index in [-0.39, 0.29) is 11.9 Å². The Kier molecular flexibility index (Phi) is 6.45. The number of thiophene rings is 1. The Morgan fingerprint density at radius 1 is 1.39 bits per heavy atom. The number of nitrogens with one attached hydrogen (secondary N) is 1. The lowest BCUT2D eigenvalue weighted by Crippen LogP contribution is -2.50. The molecule has 23 heavy (non-hydrogen) atoms. The monoisotopic (exact) mass is 337 g/mol. The van der Waals surface area contributed by atoms with E-state index in [4.69, 9.17) is 5.73 Å². The van der Waals surface area contributed by atoms with E-state index in [2.05, 4.69) is 25.2 Å². The van der Waals surface area contributed by atoms with Crippen molar-refractivity contribution in [1.82, 2.24) is 10.2 Å². The van der Waals surface area contributed by atoms with Crippen LogP contribution < -0.4 is 11.1 Å². The van der Waals surface area contributed by atoms with Crippen molar-refractivity contribution in [2.75, 3.05) is 13.1 Å². The zero-order valence-electron chi connectivity index (χ0n) is 14.1. The molecular formula is C17H27N3O2S. The summed E-state index contributed by atoms with van der Waals surface area (Å²) in [6.45, 7) is 5.52. The molecule has 128 valence electrons. The molecule has 0 aromatic carbocycles. The molecule has 1 aliphatic rings. The Hall–Kier alpha value is -1.56. The predicted molar refractivity (Wildman–Crippen MR) is 93.7 cm³/mol. The first-order valence-corrected chi connectivity index (χ1v) is 9.17. The van der Waals surface area contributed by atoms with Crippen molar-refractivity contribution in [1.29, 1.82) is 0 Å². The number of amides is 3. The normalized spacial score (nSPS) is 18.0. The number of nitrogens with two attached hydrogens (primary N) is 1. The van der Waals surface area contributed by atoms with Crippen LogP contribution in [0.4, 0.5) is 4.79 Å². The molecule has 0 unspecified atom stereocenters. The maximum absolute atomic E-state index is 12.5. The topological polar surface area (TPSA) is 75.4 Å². The number of hydrogen-bond donors (Lipinski definition) is 2. The Bertz CT molecular complexity index is 556. The van der Waals surface area contributed by atoms with E-state index < -0.39 is 6.03 Å². The molecule has 1 atom stereocenters. The highest BCUT2D eigenvalue weighted by Crippen LogP contribution is 2.23. The summed E-state index contributed by atoms with van der Waals surface area (Å²) in [5.41, 5.74) is 6.51. The van der Waals surface area contributed by atoms with Crippen LogP contribution in [0.3, 0.4) is 0 Å². The maximum atomic E-state index is 12.5. The molecule has 2 rings (SSSR count). The number of urea groups is 1. The van der Waals surface area contributed by atoms with Gasteiger partial charge in [-0.1, -0.05) is 0 Å². The molecule has 2 heterocycles. The van der Waals surface area contributed by atoms with Gasteiger partial charge in [0.2, 0.25) is 5.91 Å². The Morgan fingerprint density at radius 3 is 2.83 bits per heavy atom. The molecule has 0 bridgehead atoms. The molecular weight excluding hydrogens is 310 g/mol. The summed E-state index contributed by atoms with van der Waals surface area (Å²) < 4.78 is 0. The van der Waals surface area contributed by atoms with Crippen LogP contribution in [0.2, 0.25) is 0 Å². The number of likely N-dealkylation sites (tertiary alicyclic amines) is 1. The summed E-state index contributed by atoms with van der Waals surface area (Å²) in [7, 11) is 0. The molecule has 0 aliphatic carbocycles. The van der Waals surface area contributed by atoms with Crippen molar-refractivity contribution in [3.8, 4) is 0 Å². The first kappa shape index (κ1) is 17.8. The van der Waals surface area contributed by atoms with Gasteiger partial charge in [-0.3, -0.25) is 4.79 Å². The Labute approximate surface area is 142 Å². The van der Waals surface area contributed by atoms with Gasteiger partial charge in [0.05, 0.1) is 0 Å². The number of nitrogens with zero attached hydrogens (tertiary/aromatic N) is 1. The molecule has 6 heteroatoms. The average molecular weight is 337 g/mol. The van der Waals surface area contributed by atoms with Crippen LogP contribution in [-0.4, -0.2) is 36.0 Å². The van der Waals surface area contributed by atoms with E-state index in [0.29, 0.717) is 13.0 Å². The molecule has 1 fully saturated rings. The molecule has 0 spiro atoms. The van der Waals surface area contributed by atoms with Crippen LogP contribution in [-0.2, 0) is 11.2 Å². The number of hydrogen-bond acceptors (Lipinski definition) is 3. The first-order chi connectivity index (χ1) is 11.0. The average Bonchev–Trinajstić information content (AvgIpc) is 2.83. The largest absolute Gasteiger partial charge is 0.352 e. The molecule has 1 aliphatic heterocycles.